The fraction of sp³-hybridized carbons (Fsp3) is 0.600. The van der Waals surface area contributed by atoms with Gasteiger partial charge < -0.3 is 5.73 Å². The molecule has 0 aliphatic carbocycles. The molecule has 0 bridgehead atoms. The van der Waals surface area contributed by atoms with E-state index < -0.39 is 18.6 Å². The van der Waals surface area contributed by atoms with Crippen molar-refractivity contribution in [3.8, 4) is 0 Å². The molecule has 0 amide bonds. The fourth-order valence-corrected chi connectivity index (χ4v) is 2.55. The van der Waals surface area contributed by atoms with Crippen molar-refractivity contribution in [1.29, 1.82) is 0 Å². The Morgan fingerprint density at radius 3 is 1.55 bits per heavy atom. The summed E-state index contributed by atoms with van der Waals surface area (Å²) >= 11 is 0. The Kier molecular flexibility index (Phi) is 6.56. The molecular formula is C15H23ClF3N. The number of hydrogen-bond donors (Lipinski definition) is 1. The molecule has 1 atom stereocenters. The van der Waals surface area contributed by atoms with Gasteiger partial charge in [-0.1, -0.05) is 0 Å². The monoisotopic (exact) mass is 309 g/mol. The molecule has 116 valence electrons. The molecule has 0 aliphatic rings. The summed E-state index contributed by atoms with van der Waals surface area (Å²) in [5.41, 5.74) is 12.4. The number of hydrogen-bond acceptors (Lipinski definition) is 1. The summed E-state index contributed by atoms with van der Waals surface area (Å²) in [5.74, 6) is 0. The van der Waals surface area contributed by atoms with Crippen LogP contribution in [-0.2, 0) is 0 Å². The molecule has 1 rings (SSSR count). The zero-order valence-electron chi connectivity index (χ0n) is 12.6. The summed E-state index contributed by atoms with van der Waals surface area (Å²) in [6.45, 7) is 9.92. The van der Waals surface area contributed by atoms with Gasteiger partial charge in [0.05, 0.1) is 0 Å². The van der Waals surface area contributed by atoms with Crippen molar-refractivity contribution in [1.82, 2.24) is 0 Å². The molecule has 1 aromatic rings. The minimum Gasteiger partial charge on any atom is -0.324 e. The molecule has 5 heteroatoms. The summed E-state index contributed by atoms with van der Waals surface area (Å²) < 4.78 is 36.9. The first-order valence-corrected chi connectivity index (χ1v) is 6.45. The van der Waals surface area contributed by atoms with Crippen LogP contribution in [0.1, 0.15) is 52.3 Å². The average Bonchev–Trinajstić information content (AvgIpc) is 2.31. The van der Waals surface area contributed by atoms with Crippen molar-refractivity contribution < 1.29 is 13.2 Å². The minimum absolute atomic E-state index is 0. The van der Waals surface area contributed by atoms with Crippen LogP contribution in [0, 0.1) is 34.6 Å². The van der Waals surface area contributed by atoms with Gasteiger partial charge in [0.2, 0.25) is 0 Å². The molecule has 20 heavy (non-hydrogen) atoms. The lowest BCUT2D eigenvalue weighted by molar-refractivity contribution is -0.136. The standard InChI is InChI=1S/C15H22F3N.ClH/c1-8-9(2)11(4)14(12(5)10(8)3)13(19)6-7-15(16,17)18;/h13H,6-7,19H2,1-5H3;1H/t13-;/m1./s1. The average molecular weight is 310 g/mol. The third kappa shape index (κ3) is 4.13. The second-order valence-electron chi connectivity index (χ2n) is 5.30. The molecule has 0 fully saturated rings. The van der Waals surface area contributed by atoms with E-state index in [0.717, 1.165) is 27.8 Å². The number of benzene rings is 1. The molecule has 0 unspecified atom stereocenters. The van der Waals surface area contributed by atoms with Gasteiger partial charge in [-0.15, -0.1) is 12.4 Å². The highest BCUT2D eigenvalue weighted by Crippen LogP contribution is 2.33. The third-order valence-corrected chi connectivity index (χ3v) is 4.17. The molecule has 0 saturated heterocycles. The number of alkyl halides is 3. The van der Waals surface area contributed by atoms with Crippen molar-refractivity contribution >= 4 is 12.4 Å². The Morgan fingerprint density at radius 1 is 0.850 bits per heavy atom. The Bertz CT molecular complexity index is 452. The first kappa shape index (κ1) is 19.3. The van der Waals surface area contributed by atoms with E-state index >= 15 is 0 Å². The highest BCUT2D eigenvalue weighted by Gasteiger charge is 2.29. The number of halogens is 4. The first-order chi connectivity index (χ1) is 8.56. The van der Waals surface area contributed by atoms with Crippen molar-refractivity contribution in [3.05, 3.63) is 33.4 Å². The normalized spacial score (nSPS) is 13.1. The van der Waals surface area contributed by atoms with Crippen LogP contribution in [0.2, 0.25) is 0 Å². The molecule has 0 aromatic heterocycles. The van der Waals surface area contributed by atoms with Gasteiger partial charge in [0, 0.05) is 12.5 Å². The summed E-state index contributed by atoms with van der Waals surface area (Å²) in [5, 5.41) is 0. The zero-order chi connectivity index (χ0) is 15.0. The van der Waals surface area contributed by atoms with Gasteiger partial charge >= 0.3 is 6.18 Å². The topological polar surface area (TPSA) is 26.0 Å². The van der Waals surface area contributed by atoms with Crippen LogP contribution >= 0.6 is 12.4 Å². The third-order valence-electron chi connectivity index (χ3n) is 4.17. The van der Waals surface area contributed by atoms with E-state index in [1.807, 2.05) is 34.6 Å². The van der Waals surface area contributed by atoms with E-state index in [0.29, 0.717) is 0 Å². The maximum atomic E-state index is 12.3. The second-order valence-corrected chi connectivity index (χ2v) is 5.30. The van der Waals surface area contributed by atoms with E-state index in [-0.39, 0.29) is 18.8 Å². The smallest absolute Gasteiger partial charge is 0.324 e. The second kappa shape index (κ2) is 6.81. The Hall–Kier alpha value is -0.740. The molecule has 0 heterocycles. The Morgan fingerprint density at radius 2 is 1.20 bits per heavy atom. The lowest BCUT2D eigenvalue weighted by Gasteiger charge is -2.23. The van der Waals surface area contributed by atoms with Crippen LogP contribution in [0.4, 0.5) is 13.2 Å². The van der Waals surface area contributed by atoms with Gasteiger partial charge in [0.15, 0.2) is 0 Å². The molecular weight excluding hydrogens is 287 g/mol. The predicted octanol–water partition coefficient (Wildman–Crippen LogP) is 4.99. The quantitative estimate of drug-likeness (QED) is 0.836. The molecule has 1 aromatic carbocycles. The van der Waals surface area contributed by atoms with E-state index in [1.54, 1.807) is 0 Å². The lowest BCUT2D eigenvalue weighted by Crippen LogP contribution is -2.19. The maximum absolute atomic E-state index is 12.3. The highest BCUT2D eigenvalue weighted by molar-refractivity contribution is 5.85. The van der Waals surface area contributed by atoms with Crippen LogP contribution in [0.25, 0.3) is 0 Å². The van der Waals surface area contributed by atoms with Crippen LogP contribution in [-0.4, -0.2) is 6.18 Å². The summed E-state index contributed by atoms with van der Waals surface area (Å²) in [7, 11) is 0. The van der Waals surface area contributed by atoms with Gasteiger partial charge in [0.1, 0.15) is 0 Å². The van der Waals surface area contributed by atoms with E-state index in [4.69, 9.17) is 5.73 Å². The van der Waals surface area contributed by atoms with E-state index in [9.17, 15) is 13.2 Å². The van der Waals surface area contributed by atoms with Crippen LogP contribution in [0.15, 0.2) is 0 Å². The molecule has 0 spiro atoms. The Labute approximate surface area is 125 Å². The van der Waals surface area contributed by atoms with Crippen molar-refractivity contribution in [2.45, 2.75) is 59.7 Å². The van der Waals surface area contributed by atoms with E-state index in [1.165, 1.54) is 5.56 Å². The maximum Gasteiger partial charge on any atom is 0.389 e. The fourth-order valence-electron chi connectivity index (χ4n) is 2.55. The minimum atomic E-state index is -4.14. The molecule has 2 N–H and O–H groups in total. The van der Waals surface area contributed by atoms with Crippen molar-refractivity contribution in [3.63, 3.8) is 0 Å². The van der Waals surface area contributed by atoms with Gasteiger partial charge in [-0.3, -0.25) is 0 Å². The number of nitrogens with two attached hydrogens (primary N) is 1. The lowest BCUT2D eigenvalue weighted by atomic mass is 9.85. The molecule has 0 saturated carbocycles. The SMILES string of the molecule is Cc1c(C)c(C)c([C@H](N)CCC(F)(F)F)c(C)c1C.Cl. The first-order valence-electron chi connectivity index (χ1n) is 6.45. The molecule has 0 radical (unpaired) electrons. The Balaban J connectivity index is 0.00000361. The summed E-state index contributed by atoms with van der Waals surface area (Å²) in [6, 6.07) is -0.556. The van der Waals surface area contributed by atoms with E-state index in [2.05, 4.69) is 0 Å². The van der Waals surface area contributed by atoms with Gasteiger partial charge in [-0.25, -0.2) is 0 Å². The molecule has 0 aliphatic heterocycles. The molecule has 1 nitrogen and oxygen atoms in total. The predicted molar refractivity (Wildman–Crippen MR) is 79.6 cm³/mol. The summed E-state index contributed by atoms with van der Waals surface area (Å²) in [4.78, 5) is 0. The van der Waals surface area contributed by atoms with Gasteiger partial charge in [-0.05, 0) is 74.4 Å². The van der Waals surface area contributed by atoms with Gasteiger partial charge in [-0.2, -0.15) is 13.2 Å². The zero-order valence-corrected chi connectivity index (χ0v) is 13.4. The van der Waals surface area contributed by atoms with Gasteiger partial charge in [0.25, 0.3) is 0 Å². The highest BCUT2D eigenvalue weighted by atomic mass is 35.5. The van der Waals surface area contributed by atoms with Crippen LogP contribution in [0.5, 0.6) is 0 Å². The van der Waals surface area contributed by atoms with Crippen LogP contribution < -0.4 is 5.73 Å². The van der Waals surface area contributed by atoms with Crippen molar-refractivity contribution in [2.75, 3.05) is 0 Å². The van der Waals surface area contributed by atoms with Crippen LogP contribution in [0.3, 0.4) is 0 Å². The largest absolute Gasteiger partial charge is 0.389 e. The van der Waals surface area contributed by atoms with Crippen molar-refractivity contribution in [2.24, 2.45) is 5.73 Å². The number of rotatable bonds is 3. The summed E-state index contributed by atoms with van der Waals surface area (Å²) in [6.07, 6.45) is -5.04.